The Hall–Kier alpha value is -3.10. The first-order chi connectivity index (χ1) is 18.3. The molecule has 0 saturated heterocycles. The van der Waals surface area contributed by atoms with Crippen LogP contribution in [0.4, 0.5) is 4.79 Å². The maximum Gasteiger partial charge on any atom is 0.408 e. The third kappa shape index (κ3) is 12.1. The molecule has 9 heteroatoms. The molecule has 0 fully saturated rings. The number of rotatable bonds is 15. The summed E-state index contributed by atoms with van der Waals surface area (Å²) in [5.74, 6) is -1.17. The van der Waals surface area contributed by atoms with Crippen LogP contribution in [0.3, 0.4) is 0 Å². The van der Waals surface area contributed by atoms with E-state index >= 15 is 0 Å². The van der Waals surface area contributed by atoms with Crippen molar-refractivity contribution in [3.05, 3.63) is 34.9 Å². The summed E-state index contributed by atoms with van der Waals surface area (Å²) in [7, 11) is 0. The Balaban J connectivity index is 3.35. The van der Waals surface area contributed by atoms with Crippen LogP contribution in [-0.2, 0) is 23.9 Å². The highest BCUT2D eigenvalue weighted by molar-refractivity contribution is 5.92. The highest BCUT2D eigenvalue weighted by Crippen LogP contribution is 2.29. The Morgan fingerprint density at radius 2 is 1.59 bits per heavy atom. The lowest BCUT2D eigenvalue weighted by molar-refractivity contribution is -0.144. The van der Waals surface area contributed by atoms with E-state index in [4.69, 9.17) is 9.47 Å². The van der Waals surface area contributed by atoms with Crippen LogP contribution in [0.15, 0.2) is 18.2 Å². The summed E-state index contributed by atoms with van der Waals surface area (Å²) < 4.78 is 10.3. The van der Waals surface area contributed by atoms with Crippen molar-refractivity contribution >= 4 is 23.9 Å². The first-order valence-electron chi connectivity index (χ1n) is 14.1. The third-order valence-corrected chi connectivity index (χ3v) is 6.20. The normalized spacial score (nSPS) is 12.7. The Labute approximate surface area is 234 Å². The van der Waals surface area contributed by atoms with Gasteiger partial charge in [0.1, 0.15) is 17.7 Å². The summed E-state index contributed by atoms with van der Waals surface area (Å²) in [4.78, 5) is 53.5. The van der Waals surface area contributed by atoms with Gasteiger partial charge in [-0.05, 0) is 71.6 Å². The average molecular weight is 548 g/mol. The van der Waals surface area contributed by atoms with E-state index in [0.717, 1.165) is 42.4 Å². The lowest BCUT2D eigenvalue weighted by Gasteiger charge is -2.35. The molecular formula is C30H49N3O6. The fraction of sp³-hybridized carbons (Fsp3) is 0.667. The molecule has 1 aromatic carbocycles. The van der Waals surface area contributed by atoms with E-state index in [1.54, 1.807) is 39.5 Å². The minimum Gasteiger partial charge on any atom is -0.466 e. The lowest BCUT2D eigenvalue weighted by Crippen LogP contribution is -2.52. The molecule has 39 heavy (non-hydrogen) atoms. The van der Waals surface area contributed by atoms with Crippen molar-refractivity contribution in [2.75, 3.05) is 19.7 Å². The predicted molar refractivity (Wildman–Crippen MR) is 152 cm³/mol. The highest BCUT2D eigenvalue weighted by atomic mass is 16.6. The van der Waals surface area contributed by atoms with Gasteiger partial charge in [-0.25, -0.2) is 4.79 Å². The van der Waals surface area contributed by atoms with Crippen molar-refractivity contribution in [3.8, 4) is 0 Å². The molecule has 0 radical (unpaired) electrons. The van der Waals surface area contributed by atoms with Crippen LogP contribution in [0.2, 0.25) is 0 Å². The zero-order valence-electron chi connectivity index (χ0n) is 25.1. The molecule has 2 unspecified atom stereocenters. The van der Waals surface area contributed by atoms with E-state index in [9.17, 15) is 19.2 Å². The monoisotopic (exact) mass is 547 g/mol. The molecule has 0 bridgehead atoms. The van der Waals surface area contributed by atoms with Crippen LogP contribution < -0.4 is 10.6 Å². The first-order valence-corrected chi connectivity index (χ1v) is 14.1. The number of unbranched alkanes of at least 4 members (excludes halogenated alkanes) is 4. The number of hydrogen-bond acceptors (Lipinski definition) is 6. The van der Waals surface area contributed by atoms with Gasteiger partial charge in [-0.15, -0.1) is 0 Å². The molecule has 1 rings (SSSR count). The van der Waals surface area contributed by atoms with Crippen LogP contribution in [0.25, 0.3) is 0 Å². The number of nitrogens with zero attached hydrogens (tertiary/aromatic N) is 1. The van der Waals surface area contributed by atoms with E-state index < -0.39 is 29.7 Å². The van der Waals surface area contributed by atoms with Gasteiger partial charge in [-0.3, -0.25) is 14.4 Å². The van der Waals surface area contributed by atoms with E-state index in [-0.39, 0.29) is 31.4 Å². The summed E-state index contributed by atoms with van der Waals surface area (Å²) in [5.41, 5.74) is 1.76. The maximum atomic E-state index is 13.9. The maximum absolute atomic E-state index is 13.9. The number of amides is 3. The van der Waals surface area contributed by atoms with Crippen molar-refractivity contribution in [1.82, 2.24) is 15.5 Å². The van der Waals surface area contributed by atoms with Crippen molar-refractivity contribution in [3.63, 3.8) is 0 Å². The van der Waals surface area contributed by atoms with Gasteiger partial charge < -0.3 is 25.0 Å². The van der Waals surface area contributed by atoms with Gasteiger partial charge >= 0.3 is 12.1 Å². The largest absolute Gasteiger partial charge is 0.466 e. The van der Waals surface area contributed by atoms with Crippen molar-refractivity contribution in [2.24, 2.45) is 0 Å². The van der Waals surface area contributed by atoms with Crippen molar-refractivity contribution < 1.29 is 28.7 Å². The van der Waals surface area contributed by atoms with Crippen molar-refractivity contribution in [2.45, 2.75) is 112 Å². The topological polar surface area (TPSA) is 114 Å². The first kappa shape index (κ1) is 33.9. The SMILES string of the molecule is CCCCCCCN(C(=O)C(C)NC(=O)OC(C)(C)C)C(C(=O)NCCC(=O)OCC)c1c(C)cccc1C. The predicted octanol–water partition coefficient (Wildman–Crippen LogP) is 5.13. The minimum atomic E-state index is -0.935. The van der Waals surface area contributed by atoms with Gasteiger partial charge in [0.2, 0.25) is 11.8 Å². The Kier molecular flexibility index (Phi) is 14.6. The van der Waals surface area contributed by atoms with E-state index in [1.165, 1.54) is 0 Å². The Bertz CT molecular complexity index is 936. The number of carbonyl (C=O) groups excluding carboxylic acids is 4. The van der Waals surface area contributed by atoms with Crippen LogP contribution in [0.5, 0.6) is 0 Å². The molecule has 220 valence electrons. The molecule has 3 amide bonds. The molecule has 2 N–H and O–H groups in total. The van der Waals surface area contributed by atoms with Gasteiger partial charge in [0.25, 0.3) is 0 Å². The number of carbonyl (C=O) groups is 4. The molecule has 9 nitrogen and oxygen atoms in total. The quantitative estimate of drug-likeness (QED) is 0.233. The van der Waals surface area contributed by atoms with Gasteiger partial charge in [-0.2, -0.15) is 0 Å². The number of aryl methyl sites for hydroxylation is 2. The smallest absolute Gasteiger partial charge is 0.408 e. The average Bonchev–Trinajstić information content (AvgIpc) is 2.83. The standard InChI is InChI=1S/C30H49N3O6/c1-9-11-12-13-14-20-33(28(36)23(5)32-29(37)39-30(6,7)8)26(25-21(3)16-15-17-22(25)4)27(35)31-19-18-24(34)38-10-2/h15-17,23,26H,9-14,18-20H2,1-8H3,(H,31,35)(H,32,37). The zero-order valence-corrected chi connectivity index (χ0v) is 25.1. The summed E-state index contributed by atoms with van der Waals surface area (Å²) in [6.45, 7) is 15.2. The molecule has 0 aliphatic heterocycles. The summed E-state index contributed by atoms with van der Waals surface area (Å²) in [6, 6.07) is 3.87. The molecule has 0 aliphatic carbocycles. The van der Waals surface area contributed by atoms with Gasteiger partial charge in [-0.1, -0.05) is 50.8 Å². The molecule has 1 aromatic rings. The van der Waals surface area contributed by atoms with Gasteiger partial charge in [0.05, 0.1) is 13.0 Å². The molecule has 2 atom stereocenters. The van der Waals surface area contributed by atoms with E-state index in [1.807, 2.05) is 32.0 Å². The van der Waals surface area contributed by atoms with Crippen LogP contribution >= 0.6 is 0 Å². The second kappa shape index (κ2) is 16.8. The van der Waals surface area contributed by atoms with Crippen LogP contribution in [0, 0.1) is 13.8 Å². The second-order valence-corrected chi connectivity index (χ2v) is 10.9. The van der Waals surface area contributed by atoms with Gasteiger partial charge in [0.15, 0.2) is 0 Å². The fourth-order valence-electron chi connectivity index (χ4n) is 4.35. The van der Waals surface area contributed by atoms with E-state index in [2.05, 4.69) is 17.6 Å². The summed E-state index contributed by atoms with van der Waals surface area (Å²) in [6.07, 6.45) is 4.17. The number of nitrogens with one attached hydrogen (secondary N) is 2. The van der Waals surface area contributed by atoms with E-state index in [0.29, 0.717) is 13.0 Å². The third-order valence-electron chi connectivity index (χ3n) is 6.20. The van der Waals surface area contributed by atoms with Gasteiger partial charge in [0, 0.05) is 13.1 Å². The molecule has 0 aromatic heterocycles. The number of alkyl carbamates (subject to hydrolysis) is 1. The number of benzene rings is 1. The van der Waals surface area contributed by atoms with Crippen molar-refractivity contribution in [1.29, 1.82) is 0 Å². The minimum absolute atomic E-state index is 0.0284. The Morgan fingerprint density at radius 3 is 2.15 bits per heavy atom. The molecule has 0 spiro atoms. The molecular weight excluding hydrogens is 498 g/mol. The zero-order chi connectivity index (χ0) is 29.6. The molecule has 0 aliphatic rings. The fourth-order valence-corrected chi connectivity index (χ4v) is 4.35. The lowest BCUT2D eigenvalue weighted by atomic mass is 9.93. The second-order valence-electron chi connectivity index (χ2n) is 10.9. The molecule has 0 saturated carbocycles. The Morgan fingerprint density at radius 1 is 0.974 bits per heavy atom. The molecule has 0 heterocycles. The summed E-state index contributed by atoms with van der Waals surface area (Å²) in [5, 5.41) is 5.46. The number of hydrogen-bond donors (Lipinski definition) is 2. The van der Waals surface area contributed by atoms with Crippen LogP contribution in [0.1, 0.15) is 103 Å². The number of ether oxygens (including phenoxy) is 2. The van der Waals surface area contributed by atoms with Crippen LogP contribution in [-0.4, -0.2) is 60.1 Å². The summed E-state index contributed by atoms with van der Waals surface area (Å²) >= 11 is 0. The number of esters is 1. The highest BCUT2D eigenvalue weighted by Gasteiger charge is 2.36.